The third-order valence-electron chi connectivity index (χ3n) is 4.58. The van der Waals surface area contributed by atoms with Gasteiger partial charge in [0.1, 0.15) is 5.82 Å². The molecule has 0 saturated carbocycles. The molecule has 0 aliphatic carbocycles. The lowest BCUT2D eigenvalue weighted by Gasteiger charge is -2.34. The molecule has 2 aromatic carbocycles. The van der Waals surface area contributed by atoms with E-state index in [1.165, 1.54) is 52.8 Å². The van der Waals surface area contributed by atoms with E-state index in [1.54, 1.807) is 0 Å². The Labute approximate surface area is 180 Å². The summed E-state index contributed by atoms with van der Waals surface area (Å²) >= 11 is 0. The first kappa shape index (κ1) is 22.9. The summed E-state index contributed by atoms with van der Waals surface area (Å²) in [6.07, 6.45) is -0.428. The van der Waals surface area contributed by atoms with E-state index in [0.29, 0.717) is 5.69 Å². The minimum atomic E-state index is -3.72. The number of amides is 1. The molecule has 1 aliphatic heterocycles. The van der Waals surface area contributed by atoms with Gasteiger partial charge in [-0.3, -0.25) is 4.79 Å². The van der Waals surface area contributed by atoms with Gasteiger partial charge in [0.05, 0.1) is 22.7 Å². The van der Waals surface area contributed by atoms with Gasteiger partial charge >= 0.3 is 5.97 Å². The van der Waals surface area contributed by atoms with Crippen LogP contribution in [0, 0.1) is 5.82 Å². The van der Waals surface area contributed by atoms with Crippen LogP contribution in [0.25, 0.3) is 0 Å². The molecule has 3 rings (SSSR count). The highest BCUT2D eigenvalue weighted by atomic mass is 32.2. The Kier molecular flexibility index (Phi) is 7.04. The molecule has 10 heteroatoms. The molecular formula is C21H23FN2O6S. The van der Waals surface area contributed by atoms with Crippen LogP contribution in [0.4, 0.5) is 10.1 Å². The zero-order valence-corrected chi connectivity index (χ0v) is 17.9. The molecule has 1 aliphatic rings. The van der Waals surface area contributed by atoms with Crippen molar-refractivity contribution in [1.29, 1.82) is 0 Å². The van der Waals surface area contributed by atoms with E-state index in [2.05, 4.69) is 5.32 Å². The number of carbonyl (C=O) groups excluding carboxylic acids is 2. The van der Waals surface area contributed by atoms with Crippen LogP contribution < -0.4 is 5.32 Å². The second-order valence-electron chi connectivity index (χ2n) is 7.23. The second-order valence-corrected chi connectivity index (χ2v) is 9.17. The number of ether oxygens (including phenoxy) is 2. The number of morpholine rings is 1. The fourth-order valence-electron chi connectivity index (χ4n) is 3.18. The van der Waals surface area contributed by atoms with E-state index >= 15 is 0 Å². The highest BCUT2D eigenvalue weighted by Gasteiger charge is 2.32. The van der Waals surface area contributed by atoms with Gasteiger partial charge in [0.25, 0.3) is 5.91 Å². The third-order valence-corrected chi connectivity index (χ3v) is 6.42. The second kappa shape index (κ2) is 9.54. The molecule has 0 bridgehead atoms. The van der Waals surface area contributed by atoms with Crippen LogP contribution in [-0.4, -0.2) is 56.5 Å². The maximum absolute atomic E-state index is 12.9. The lowest BCUT2D eigenvalue weighted by molar-refractivity contribution is -0.119. The summed E-state index contributed by atoms with van der Waals surface area (Å²) in [4.78, 5) is 24.1. The molecule has 31 heavy (non-hydrogen) atoms. The molecule has 166 valence electrons. The van der Waals surface area contributed by atoms with Crippen LogP contribution in [-0.2, 0) is 24.3 Å². The van der Waals surface area contributed by atoms with Gasteiger partial charge < -0.3 is 14.8 Å². The molecule has 1 heterocycles. The quantitative estimate of drug-likeness (QED) is 0.679. The molecule has 0 radical (unpaired) electrons. The summed E-state index contributed by atoms with van der Waals surface area (Å²) in [5.74, 6) is -1.80. The largest absolute Gasteiger partial charge is 0.452 e. The van der Waals surface area contributed by atoms with Crippen LogP contribution in [0.5, 0.6) is 0 Å². The minimum Gasteiger partial charge on any atom is -0.452 e. The van der Waals surface area contributed by atoms with Gasteiger partial charge in [0.15, 0.2) is 6.61 Å². The van der Waals surface area contributed by atoms with Crippen molar-refractivity contribution in [2.24, 2.45) is 0 Å². The molecule has 2 atom stereocenters. The van der Waals surface area contributed by atoms with E-state index in [9.17, 15) is 22.4 Å². The standard InChI is InChI=1S/C21H23FN2O6S/c1-14-11-24(12-15(2)30-14)31(27,28)19-9-3-16(4-10-19)21(26)29-13-20(25)23-18-7-5-17(22)6-8-18/h3-10,14-15H,11-13H2,1-2H3,(H,23,25). The highest BCUT2D eigenvalue weighted by molar-refractivity contribution is 7.89. The van der Waals surface area contributed by atoms with E-state index in [0.717, 1.165) is 0 Å². The summed E-state index contributed by atoms with van der Waals surface area (Å²) < 4.78 is 50.5. The zero-order valence-electron chi connectivity index (χ0n) is 17.1. The molecular weight excluding hydrogens is 427 g/mol. The number of nitrogens with zero attached hydrogens (tertiary/aromatic N) is 1. The highest BCUT2D eigenvalue weighted by Crippen LogP contribution is 2.21. The Morgan fingerprint density at radius 1 is 1.06 bits per heavy atom. The summed E-state index contributed by atoms with van der Waals surface area (Å²) in [6, 6.07) is 10.5. The van der Waals surface area contributed by atoms with Gasteiger partial charge in [-0.1, -0.05) is 0 Å². The SMILES string of the molecule is CC1CN(S(=O)(=O)c2ccc(C(=O)OCC(=O)Nc3ccc(F)cc3)cc2)CC(C)O1. The summed E-state index contributed by atoms with van der Waals surface area (Å²) in [5, 5.41) is 2.47. The van der Waals surface area contributed by atoms with Crippen molar-refractivity contribution in [2.75, 3.05) is 25.0 Å². The first-order chi connectivity index (χ1) is 14.6. The fourth-order valence-corrected chi connectivity index (χ4v) is 4.77. The van der Waals surface area contributed by atoms with Crippen molar-refractivity contribution < 1.29 is 31.9 Å². The first-order valence-electron chi connectivity index (χ1n) is 9.63. The lowest BCUT2D eigenvalue weighted by atomic mass is 10.2. The summed E-state index contributed by atoms with van der Waals surface area (Å²) in [7, 11) is -3.72. The molecule has 1 fully saturated rings. The van der Waals surface area contributed by atoms with Crippen molar-refractivity contribution >= 4 is 27.6 Å². The first-order valence-corrected chi connectivity index (χ1v) is 11.1. The maximum Gasteiger partial charge on any atom is 0.338 e. The molecule has 2 aromatic rings. The number of nitrogens with one attached hydrogen (secondary N) is 1. The Morgan fingerprint density at radius 2 is 1.65 bits per heavy atom. The number of halogens is 1. The molecule has 0 aromatic heterocycles. The smallest absolute Gasteiger partial charge is 0.338 e. The third kappa shape index (κ3) is 5.87. The number of hydrogen-bond acceptors (Lipinski definition) is 6. The van der Waals surface area contributed by atoms with Crippen molar-refractivity contribution in [3.8, 4) is 0 Å². The van der Waals surface area contributed by atoms with Gasteiger partial charge in [0, 0.05) is 18.8 Å². The van der Waals surface area contributed by atoms with E-state index in [1.807, 2.05) is 13.8 Å². The van der Waals surface area contributed by atoms with Gasteiger partial charge in [-0.25, -0.2) is 17.6 Å². The van der Waals surface area contributed by atoms with Gasteiger partial charge in [-0.05, 0) is 62.4 Å². The van der Waals surface area contributed by atoms with Gasteiger partial charge in [-0.15, -0.1) is 0 Å². The van der Waals surface area contributed by atoms with Crippen LogP contribution in [0.2, 0.25) is 0 Å². The van der Waals surface area contributed by atoms with E-state index in [4.69, 9.17) is 9.47 Å². The van der Waals surface area contributed by atoms with Crippen molar-refractivity contribution in [2.45, 2.75) is 31.0 Å². The average molecular weight is 450 g/mol. The topological polar surface area (TPSA) is 102 Å². The number of hydrogen-bond donors (Lipinski definition) is 1. The lowest BCUT2D eigenvalue weighted by Crippen LogP contribution is -2.48. The maximum atomic E-state index is 12.9. The van der Waals surface area contributed by atoms with Gasteiger partial charge in [-0.2, -0.15) is 4.31 Å². The number of esters is 1. The van der Waals surface area contributed by atoms with Crippen LogP contribution in [0.1, 0.15) is 24.2 Å². The average Bonchev–Trinajstić information content (AvgIpc) is 2.73. The molecule has 1 N–H and O–H groups in total. The Morgan fingerprint density at radius 3 is 2.23 bits per heavy atom. The molecule has 1 saturated heterocycles. The number of rotatable bonds is 6. The zero-order chi connectivity index (χ0) is 22.6. The number of sulfonamides is 1. The fraction of sp³-hybridized carbons (Fsp3) is 0.333. The number of carbonyl (C=O) groups is 2. The molecule has 1 amide bonds. The molecule has 2 unspecified atom stereocenters. The number of anilines is 1. The van der Waals surface area contributed by atoms with E-state index < -0.39 is 34.3 Å². The van der Waals surface area contributed by atoms with Crippen LogP contribution >= 0.6 is 0 Å². The van der Waals surface area contributed by atoms with Gasteiger partial charge in [0.2, 0.25) is 10.0 Å². The Balaban J connectivity index is 1.58. The Bertz CT molecular complexity index is 1030. The number of benzene rings is 2. The minimum absolute atomic E-state index is 0.0550. The predicted octanol–water partition coefficient (Wildman–Crippen LogP) is 2.42. The predicted molar refractivity (Wildman–Crippen MR) is 111 cm³/mol. The van der Waals surface area contributed by atoms with Crippen molar-refractivity contribution in [3.05, 3.63) is 59.9 Å². The van der Waals surface area contributed by atoms with E-state index in [-0.39, 0.29) is 35.8 Å². The van der Waals surface area contributed by atoms with Crippen LogP contribution in [0.15, 0.2) is 53.4 Å². The monoisotopic (exact) mass is 450 g/mol. The molecule has 8 nitrogen and oxygen atoms in total. The summed E-state index contributed by atoms with van der Waals surface area (Å²) in [5.41, 5.74) is 0.473. The Hall–Kier alpha value is -2.82. The summed E-state index contributed by atoms with van der Waals surface area (Å²) in [6.45, 7) is 3.58. The normalized spacial score (nSPS) is 19.6. The van der Waals surface area contributed by atoms with Crippen molar-refractivity contribution in [3.63, 3.8) is 0 Å². The van der Waals surface area contributed by atoms with Crippen molar-refractivity contribution in [1.82, 2.24) is 4.31 Å². The van der Waals surface area contributed by atoms with Crippen LogP contribution in [0.3, 0.4) is 0 Å². The molecule has 0 spiro atoms.